The van der Waals surface area contributed by atoms with E-state index in [0.717, 1.165) is 11.1 Å². The fraction of sp³-hybridized carbons (Fsp3) is 0.0435. The summed E-state index contributed by atoms with van der Waals surface area (Å²) in [5.41, 5.74) is 7.68. The molecule has 0 aromatic heterocycles. The highest BCUT2D eigenvalue weighted by atomic mass is 16.5. The van der Waals surface area contributed by atoms with Crippen LogP contribution >= 0.6 is 0 Å². The summed E-state index contributed by atoms with van der Waals surface area (Å²) in [5.74, 6) is -0.451. The normalized spacial score (nSPS) is 10.0. The Bertz CT molecular complexity index is 967. The third kappa shape index (κ3) is 4.65. The van der Waals surface area contributed by atoms with Crippen molar-refractivity contribution in [1.82, 2.24) is 10.9 Å². The van der Waals surface area contributed by atoms with Crippen LogP contribution in [0.25, 0.3) is 11.1 Å². The van der Waals surface area contributed by atoms with Gasteiger partial charge in [-0.15, -0.1) is 0 Å². The van der Waals surface area contributed by atoms with Crippen molar-refractivity contribution in [3.63, 3.8) is 0 Å². The molecule has 0 aliphatic heterocycles. The molecule has 0 aliphatic rings. The molecule has 2 N–H and O–H groups in total. The van der Waals surface area contributed by atoms with E-state index in [9.17, 15) is 9.59 Å². The molecule has 0 aliphatic carbocycles. The van der Waals surface area contributed by atoms with Crippen LogP contribution in [-0.4, -0.2) is 18.4 Å². The fourth-order valence-electron chi connectivity index (χ4n) is 2.63. The molecular formula is C23H20N2O3. The second kappa shape index (κ2) is 9.19. The molecule has 0 fully saturated rings. The number of amides is 2. The maximum absolute atomic E-state index is 12.4. The lowest BCUT2D eigenvalue weighted by Crippen LogP contribution is -2.41. The number of carbonyl (C=O) groups excluding carboxylic acids is 2. The summed E-state index contributed by atoms with van der Waals surface area (Å²) >= 11 is 0. The summed E-state index contributed by atoms with van der Waals surface area (Å²) < 4.78 is 5.46. The summed E-state index contributed by atoms with van der Waals surface area (Å²) in [6, 6.07) is 23.8. The van der Waals surface area contributed by atoms with Gasteiger partial charge in [0.2, 0.25) is 0 Å². The van der Waals surface area contributed by atoms with Gasteiger partial charge in [0.15, 0.2) is 0 Å². The van der Waals surface area contributed by atoms with Crippen molar-refractivity contribution < 1.29 is 14.3 Å². The number of benzene rings is 3. The van der Waals surface area contributed by atoms with E-state index in [4.69, 9.17) is 4.74 Å². The van der Waals surface area contributed by atoms with E-state index in [1.54, 1.807) is 42.5 Å². The van der Waals surface area contributed by atoms with Gasteiger partial charge in [0.25, 0.3) is 11.8 Å². The molecular weight excluding hydrogens is 352 g/mol. The first kappa shape index (κ1) is 18.9. The number of hydrogen-bond acceptors (Lipinski definition) is 3. The highest BCUT2D eigenvalue weighted by Crippen LogP contribution is 2.19. The van der Waals surface area contributed by atoms with E-state index in [1.807, 2.05) is 42.5 Å². The highest BCUT2D eigenvalue weighted by molar-refractivity contribution is 6.00. The molecule has 3 aromatic carbocycles. The molecule has 0 saturated heterocycles. The largest absolute Gasteiger partial charge is 0.489 e. The van der Waals surface area contributed by atoms with Gasteiger partial charge in [-0.05, 0) is 35.4 Å². The quantitative estimate of drug-likeness (QED) is 0.508. The average Bonchev–Trinajstić information content (AvgIpc) is 2.76. The van der Waals surface area contributed by atoms with Gasteiger partial charge in [-0.1, -0.05) is 67.3 Å². The van der Waals surface area contributed by atoms with E-state index >= 15 is 0 Å². The lowest BCUT2D eigenvalue weighted by Gasteiger charge is -2.11. The lowest BCUT2D eigenvalue weighted by atomic mass is 10.0. The van der Waals surface area contributed by atoms with Gasteiger partial charge < -0.3 is 4.74 Å². The SMILES string of the molecule is C=CCOc1ccccc1C(=O)NNC(=O)c1ccc(-c2ccccc2)cc1. The zero-order valence-corrected chi connectivity index (χ0v) is 15.2. The van der Waals surface area contributed by atoms with Crippen molar-refractivity contribution in [2.45, 2.75) is 0 Å². The molecule has 140 valence electrons. The average molecular weight is 372 g/mol. The second-order valence-corrected chi connectivity index (χ2v) is 5.95. The zero-order valence-electron chi connectivity index (χ0n) is 15.2. The molecule has 0 radical (unpaired) electrons. The van der Waals surface area contributed by atoms with Crippen molar-refractivity contribution in [3.8, 4) is 16.9 Å². The summed E-state index contributed by atoms with van der Waals surface area (Å²) in [6.07, 6.45) is 1.59. The van der Waals surface area contributed by atoms with Gasteiger partial charge in [0.05, 0.1) is 5.56 Å². The molecule has 0 saturated carbocycles. The Kier molecular flexibility index (Phi) is 6.21. The molecule has 2 amide bonds. The minimum absolute atomic E-state index is 0.282. The Hall–Kier alpha value is -3.86. The van der Waals surface area contributed by atoms with Crippen LogP contribution in [-0.2, 0) is 0 Å². The molecule has 5 nitrogen and oxygen atoms in total. The molecule has 0 bridgehead atoms. The van der Waals surface area contributed by atoms with Crippen LogP contribution in [0.2, 0.25) is 0 Å². The molecule has 5 heteroatoms. The topological polar surface area (TPSA) is 67.4 Å². The van der Waals surface area contributed by atoms with E-state index in [1.165, 1.54) is 0 Å². The third-order valence-electron chi connectivity index (χ3n) is 4.03. The summed E-state index contributed by atoms with van der Waals surface area (Å²) in [5, 5.41) is 0. The molecule has 28 heavy (non-hydrogen) atoms. The fourth-order valence-corrected chi connectivity index (χ4v) is 2.63. The Labute approximate surface area is 163 Å². The van der Waals surface area contributed by atoms with Crippen LogP contribution in [0.5, 0.6) is 5.75 Å². The molecule has 0 heterocycles. The second-order valence-electron chi connectivity index (χ2n) is 5.95. The van der Waals surface area contributed by atoms with E-state index < -0.39 is 11.8 Å². The van der Waals surface area contributed by atoms with Gasteiger partial charge in [-0.25, -0.2) is 0 Å². The van der Waals surface area contributed by atoms with Crippen molar-refractivity contribution in [3.05, 3.63) is 103 Å². The van der Waals surface area contributed by atoms with E-state index in [2.05, 4.69) is 17.4 Å². The van der Waals surface area contributed by atoms with Gasteiger partial charge in [0, 0.05) is 5.56 Å². The number of ether oxygens (including phenoxy) is 1. The van der Waals surface area contributed by atoms with Crippen LogP contribution in [0.4, 0.5) is 0 Å². The highest BCUT2D eigenvalue weighted by Gasteiger charge is 2.13. The molecule has 3 aromatic rings. The van der Waals surface area contributed by atoms with E-state index in [0.29, 0.717) is 16.9 Å². The Morgan fingerprint density at radius 3 is 2.11 bits per heavy atom. The maximum Gasteiger partial charge on any atom is 0.273 e. The smallest absolute Gasteiger partial charge is 0.273 e. The first-order chi connectivity index (χ1) is 13.7. The minimum atomic E-state index is -0.464. The molecule has 0 spiro atoms. The number of rotatable bonds is 6. The number of hydrogen-bond donors (Lipinski definition) is 2. The minimum Gasteiger partial charge on any atom is -0.489 e. The summed E-state index contributed by atoms with van der Waals surface area (Å²) in [4.78, 5) is 24.7. The number of carbonyl (C=O) groups is 2. The number of nitrogens with one attached hydrogen (secondary N) is 2. The van der Waals surface area contributed by atoms with E-state index in [-0.39, 0.29) is 6.61 Å². The van der Waals surface area contributed by atoms with Crippen LogP contribution in [0.15, 0.2) is 91.5 Å². The predicted octanol–water partition coefficient (Wildman–Crippen LogP) is 3.99. The first-order valence-electron chi connectivity index (χ1n) is 8.78. The first-order valence-corrected chi connectivity index (χ1v) is 8.78. The van der Waals surface area contributed by atoms with Crippen LogP contribution in [0.3, 0.4) is 0 Å². The van der Waals surface area contributed by atoms with Crippen molar-refractivity contribution in [2.24, 2.45) is 0 Å². The van der Waals surface area contributed by atoms with Crippen molar-refractivity contribution in [2.75, 3.05) is 6.61 Å². The maximum atomic E-state index is 12.4. The van der Waals surface area contributed by atoms with Crippen LogP contribution < -0.4 is 15.6 Å². The zero-order chi connectivity index (χ0) is 19.8. The number of para-hydroxylation sites is 1. The van der Waals surface area contributed by atoms with Gasteiger partial charge >= 0.3 is 0 Å². The lowest BCUT2D eigenvalue weighted by molar-refractivity contribution is 0.0844. The molecule has 3 rings (SSSR count). The van der Waals surface area contributed by atoms with Gasteiger partial charge in [0.1, 0.15) is 12.4 Å². The molecule has 0 atom stereocenters. The molecule has 0 unspecified atom stereocenters. The monoisotopic (exact) mass is 372 g/mol. The summed E-state index contributed by atoms with van der Waals surface area (Å²) in [7, 11) is 0. The van der Waals surface area contributed by atoms with Crippen LogP contribution in [0, 0.1) is 0 Å². The Morgan fingerprint density at radius 1 is 0.786 bits per heavy atom. The van der Waals surface area contributed by atoms with Crippen molar-refractivity contribution >= 4 is 11.8 Å². The van der Waals surface area contributed by atoms with Crippen molar-refractivity contribution in [1.29, 1.82) is 0 Å². The predicted molar refractivity (Wildman–Crippen MR) is 109 cm³/mol. The van der Waals surface area contributed by atoms with Gasteiger partial charge in [-0.2, -0.15) is 0 Å². The third-order valence-corrected chi connectivity index (χ3v) is 4.03. The summed E-state index contributed by atoms with van der Waals surface area (Å²) in [6.45, 7) is 3.87. The standard InChI is InChI=1S/C23H20N2O3/c1-2-16-28-21-11-7-6-10-20(21)23(27)25-24-22(26)19-14-12-18(13-15-19)17-8-4-3-5-9-17/h2-15H,1,16H2,(H,24,26)(H,25,27). The number of hydrazine groups is 1. The Morgan fingerprint density at radius 2 is 1.39 bits per heavy atom. The van der Waals surface area contributed by atoms with Crippen LogP contribution in [0.1, 0.15) is 20.7 Å². The Balaban J connectivity index is 1.63. The van der Waals surface area contributed by atoms with Gasteiger partial charge in [-0.3, -0.25) is 20.4 Å².